The van der Waals surface area contributed by atoms with Crippen LogP contribution < -0.4 is 10.6 Å². The van der Waals surface area contributed by atoms with Crippen LogP contribution in [0.3, 0.4) is 0 Å². The standard InChI is InChI=1S/C14H24N4O2/c1-3-9(4-2)12(19)8-16-14(20)13-10-7-15-6-5-11(10)17-18-13/h9,12,15,19H,3-8H2,1-2H3,(H,16,20)(H,17,18). The van der Waals surface area contributed by atoms with Crippen LogP contribution in [-0.2, 0) is 13.0 Å². The molecule has 1 amide bonds. The maximum Gasteiger partial charge on any atom is 0.272 e. The molecular weight excluding hydrogens is 256 g/mol. The summed E-state index contributed by atoms with van der Waals surface area (Å²) in [7, 11) is 0. The third kappa shape index (κ3) is 3.19. The molecule has 0 radical (unpaired) electrons. The van der Waals surface area contributed by atoms with Crippen molar-refractivity contribution in [3.63, 3.8) is 0 Å². The number of carbonyl (C=O) groups is 1. The first-order valence-corrected chi connectivity index (χ1v) is 7.40. The van der Waals surface area contributed by atoms with Gasteiger partial charge in [-0.1, -0.05) is 26.7 Å². The van der Waals surface area contributed by atoms with Crippen LogP contribution in [0.2, 0.25) is 0 Å². The molecule has 0 saturated heterocycles. The summed E-state index contributed by atoms with van der Waals surface area (Å²) in [4.78, 5) is 12.1. The third-order valence-electron chi connectivity index (χ3n) is 4.09. The molecule has 0 bridgehead atoms. The Morgan fingerprint density at radius 2 is 2.20 bits per heavy atom. The van der Waals surface area contributed by atoms with Gasteiger partial charge in [-0.15, -0.1) is 0 Å². The van der Waals surface area contributed by atoms with Crippen LogP contribution in [0.15, 0.2) is 0 Å². The topological polar surface area (TPSA) is 90.0 Å². The number of nitrogens with zero attached hydrogens (tertiary/aromatic N) is 1. The highest BCUT2D eigenvalue weighted by Gasteiger charge is 2.22. The van der Waals surface area contributed by atoms with Gasteiger partial charge in [0.25, 0.3) is 5.91 Å². The average Bonchev–Trinajstić information content (AvgIpc) is 2.90. The summed E-state index contributed by atoms with van der Waals surface area (Å²) in [6.45, 7) is 5.96. The molecule has 6 heteroatoms. The first kappa shape index (κ1) is 15.0. The molecule has 112 valence electrons. The largest absolute Gasteiger partial charge is 0.391 e. The van der Waals surface area contributed by atoms with Gasteiger partial charge in [0.1, 0.15) is 0 Å². The molecule has 2 rings (SSSR count). The van der Waals surface area contributed by atoms with Crippen molar-refractivity contribution in [2.24, 2.45) is 5.92 Å². The fourth-order valence-corrected chi connectivity index (χ4v) is 2.69. The van der Waals surface area contributed by atoms with Crippen molar-refractivity contribution in [3.05, 3.63) is 17.0 Å². The summed E-state index contributed by atoms with van der Waals surface area (Å²) in [5, 5.41) is 23.1. The second-order valence-electron chi connectivity index (χ2n) is 5.31. The van der Waals surface area contributed by atoms with Crippen molar-refractivity contribution < 1.29 is 9.90 Å². The quantitative estimate of drug-likeness (QED) is 0.613. The van der Waals surface area contributed by atoms with Gasteiger partial charge in [0, 0.05) is 37.3 Å². The van der Waals surface area contributed by atoms with E-state index in [0.717, 1.165) is 37.1 Å². The van der Waals surface area contributed by atoms with E-state index in [1.807, 2.05) is 0 Å². The lowest BCUT2D eigenvalue weighted by molar-refractivity contribution is 0.0812. The highest BCUT2D eigenvalue weighted by Crippen LogP contribution is 2.16. The zero-order valence-electron chi connectivity index (χ0n) is 12.2. The third-order valence-corrected chi connectivity index (χ3v) is 4.09. The molecule has 1 unspecified atom stereocenters. The number of hydrogen-bond donors (Lipinski definition) is 4. The van der Waals surface area contributed by atoms with Crippen LogP contribution in [0.4, 0.5) is 0 Å². The number of aliphatic hydroxyl groups is 1. The van der Waals surface area contributed by atoms with E-state index >= 15 is 0 Å². The number of rotatable bonds is 6. The predicted molar refractivity (Wildman–Crippen MR) is 76.4 cm³/mol. The highest BCUT2D eigenvalue weighted by molar-refractivity contribution is 5.94. The second kappa shape index (κ2) is 6.85. The molecule has 0 saturated carbocycles. The highest BCUT2D eigenvalue weighted by atomic mass is 16.3. The molecule has 20 heavy (non-hydrogen) atoms. The number of amides is 1. The van der Waals surface area contributed by atoms with E-state index in [2.05, 4.69) is 34.7 Å². The van der Waals surface area contributed by atoms with Gasteiger partial charge < -0.3 is 15.7 Å². The second-order valence-corrected chi connectivity index (χ2v) is 5.31. The Hall–Kier alpha value is -1.40. The number of nitrogens with one attached hydrogen (secondary N) is 3. The summed E-state index contributed by atoms with van der Waals surface area (Å²) in [6.07, 6.45) is 2.19. The van der Waals surface area contributed by atoms with E-state index in [9.17, 15) is 9.90 Å². The zero-order valence-corrected chi connectivity index (χ0v) is 12.2. The number of hydrogen-bond acceptors (Lipinski definition) is 4. The molecule has 0 fully saturated rings. The molecule has 4 N–H and O–H groups in total. The Balaban J connectivity index is 1.94. The molecular formula is C14H24N4O2. The maximum absolute atomic E-state index is 12.1. The van der Waals surface area contributed by atoms with Crippen LogP contribution in [-0.4, -0.2) is 40.4 Å². The number of H-pyrrole nitrogens is 1. The normalized spacial score (nSPS) is 16.0. The number of aromatic nitrogens is 2. The van der Waals surface area contributed by atoms with Gasteiger partial charge in [-0.2, -0.15) is 5.10 Å². The molecule has 0 aromatic carbocycles. The molecule has 6 nitrogen and oxygen atoms in total. The van der Waals surface area contributed by atoms with Crippen LogP contribution in [0.5, 0.6) is 0 Å². The predicted octanol–water partition coefficient (Wildman–Crippen LogP) is 0.582. The summed E-state index contributed by atoms with van der Waals surface area (Å²) in [5.74, 6) is 0.0151. The molecule has 1 aromatic heterocycles. The van der Waals surface area contributed by atoms with Crippen molar-refractivity contribution in [3.8, 4) is 0 Å². The van der Waals surface area contributed by atoms with Gasteiger partial charge in [0.15, 0.2) is 5.69 Å². The van der Waals surface area contributed by atoms with E-state index in [-0.39, 0.29) is 18.4 Å². The number of carbonyl (C=O) groups excluding carboxylic acids is 1. The monoisotopic (exact) mass is 280 g/mol. The lowest BCUT2D eigenvalue weighted by atomic mass is 9.96. The Kier molecular flexibility index (Phi) is 5.14. The molecule has 1 aliphatic heterocycles. The van der Waals surface area contributed by atoms with Crippen molar-refractivity contribution in [2.45, 2.75) is 45.8 Å². The minimum atomic E-state index is -0.498. The molecule has 1 atom stereocenters. The van der Waals surface area contributed by atoms with Gasteiger partial charge in [-0.3, -0.25) is 9.89 Å². The summed E-state index contributed by atoms with van der Waals surface area (Å²) in [6, 6.07) is 0. The summed E-state index contributed by atoms with van der Waals surface area (Å²) >= 11 is 0. The Labute approximate surface area is 119 Å². The van der Waals surface area contributed by atoms with Crippen LogP contribution in [0, 0.1) is 5.92 Å². The fourth-order valence-electron chi connectivity index (χ4n) is 2.69. The Morgan fingerprint density at radius 1 is 1.45 bits per heavy atom. The SMILES string of the molecule is CCC(CC)C(O)CNC(=O)c1n[nH]c2c1CNCC2. The van der Waals surface area contributed by atoms with E-state index in [1.165, 1.54) is 0 Å². The first-order valence-electron chi connectivity index (χ1n) is 7.40. The molecule has 0 aliphatic carbocycles. The molecule has 1 aromatic rings. The zero-order chi connectivity index (χ0) is 14.5. The van der Waals surface area contributed by atoms with Gasteiger partial charge in [0.2, 0.25) is 0 Å². The van der Waals surface area contributed by atoms with Crippen molar-refractivity contribution in [1.82, 2.24) is 20.8 Å². The van der Waals surface area contributed by atoms with Gasteiger partial charge >= 0.3 is 0 Å². The van der Waals surface area contributed by atoms with Crippen LogP contribution >= 0.6 is 0 Å². The molecule has 0 spiro atoms. The number of fused-ring (bicyclic) bond motifs is 1. The minimum Gasteiger partial charge on any atom is -0.391 e. The van der Waals surface area contributed by atoms with E-state index < -0.39 is 6.10 Å². The van der Waals surface area contributed by atoms with E-state index in [1.54, 1.807) is 0 Å². The van der Waals surface area contributed by atoms with Gasteiger partial charge in [-0.25, -0.2) is 0 Å². The van der Waals surface area contributed by atoms with Crippen molar-refractivity contribution in [2.75, 3.05) is 13.1 Å². The maximum atomic E-state index is 12.1. The summed E-state index contributed by atoms with van der Waals surface area (Å²) in [5.41, 5.74) is 2.43. The van der Waals surface area contributed by atoms with Crippen LogP contribution in [0.1, 0.15) is 48.4 Å². The van der Waals surface area contributed by atoms with Gasteiger partial charge in [-0.05, 0) is 5.92 Å². The summed E-state index contributed by atoms with van der Waals surface area (Å²) < 4.78 is 0. The van der Waals surface area contributed by atoms with Gasteiger partial charge in [0.05, 0.1) is 6.10 Å². The van der Waals surface area contributed by atoms with E-state index in [4.69, 9.17) is 0 Å². The lowest BCUT2D eigenvalue weighted by Crippen LogP contribution is -2.37. The Bertz CT molecular complexity index is 454. The van der Waals surface area contributed by atoms with Crippen molar-refractivity contribution in [1.29, 1.82) is 0 Å². The lowest BCUT2D eigenvalue weighted by Gasteiger charge is -2.20. The Morgan fingerprint density at radius 3 is 2.90 bits per heavy atom. The molecule has 2 heterocycles. The average molecular weight is 280 g/mol. The van der Waals surface area contributed by atoms with Crippen LogP contribution in [0.25, 0.3) is 0 Å². The number of aromatic amines is 1. The van der Waals surface area contributed by atoms with E-state index in [0.29, 0.717) is 12.2 Å². The van der Waals surface area contributed by atoms with Crippen molar-refractivity contribution >= 4 is 5.91 Å². The molecule has 1 aliphatic rings. The minimum absolute atomic E-state index is 0.212. The fraction of sp³-hybridized carbons (Fsp3) is 0.714. The smallest absolute Gasteiger partial charge is 0.272 e. The first-order chi connectivity index (χ1) is 9.67. The number of aliphatic hydroxyl groups excluding tert-OH is 1.